The Morgan fingerprint density at radius 2 is 0.875 bits per heavy atom. The summed E-state index contributed by atoms with van der Waals surface area (Å²) in [5.41, 5.74) is 0. The van der Waals surface area contributed by atoms with Crippen LogP contribution in [0.5, 0.6) is 0 Å². The Balaban J connectivity index is 3.04. The lowest BCUT2D eigenvalue weighted by Gasteiger charge is -1.95. The van der Waals surface area contributed by atoms with Gasteiger partial charge in [0.05, 0.1) is 0 Å². The highest BCUT2D eigenvalue weighted by molar-refractivity contribution is 4.98. The molecule has 0 atom stereocenters. The SMILES string of the molecule is CCCCCCCC#CCCCCCCC. The van der Waals surface area contributed by atoms with E-state index in [1.54, 1.807) is 0 Å². The molecule has 0 aliphatic rings. The van der Waals surface area contributed by atoms with E-state index in [2.05, 4.69) is 25.7 Å². The zero-order chi connectivity index (χ0) is 11.9. The van der Waals surface area contributed by atoms with Gasteiger partial charge in [0.2, 0.25) is 0 Å². The molecule has 0 aliphatic carbocycles. The molecule has 0 rings (SSSR count). The van der Waals surface area contributed by atoms with Crippen molar-refractivity contribution in [2.45, 2.75) is 90.9 Å². The van der Waals surface area contributed by atoms with Crippen LogP contribution >= 0.6 is 0 Å². The van der Waals surface area contributed by atoms with Crippen molar-refractivity contribution in [1.29, 1.82) is 0 Å². The Hall–Kier alpha value is -0.440. The lowest BCUT2D eigenvalue weighted by molar-refractivity contribution is 0.637. The molecular formula is C16H30. The molecule has 0 nitrogen and oxygen atoms in total. The van der Waals surface area contributed by atoms with Crippen LogP contribution in [0, 0.1) is 11.8 Å². The first kappa shape index (κ1) is 15.6. The van der Waals surface area contributed by atoms with E-state index in [0.29, 0.717) is 0 Å². The summed E-state index contributed by atoms with van der Waals surface area (Å²) in [6.07, 6.45) is 15.9. The number of hydrogen-bond acceptors (Lipinski definition) is 0. The predicted molar refractivity (Wildman–Crippen MR) is 74.5 cm³/mol. The minimum absolute atomic E-state index is 1.12. The van der Waals surface area contributed by atoms with Gasteiger partial charge in [-0.1, -0.05) is 65.2 Å². The first-order chi connectivity index (χ1) is 7.91. The van der Waals surface area contributed by atoms with Gasteiger partial charge >= 0.3 is 0 Å². The Morgan fingerprint density at radius 1 is 0.500 bits per heavy atom. The van der Waals surface area contributed by atoms with Crippen LogP contribution < -0.4 is 0 Å². The van der Waals surface area contributed by atoms with Gasteiger partial charge in [-0.15, -0.1) is 11.8 Å². The summed E-state index contributed by atoms with van der Waals surface area (Å²) in [6, 6.07) is 0. The van der Waals surface area contributed by atoms with E-state index in [9.17, 15) is 0 Å². The van der Waals surface area contributed by atoms with Crippen LogP contribution in [-0.4, -0.2) is 0 Å². The highest BCUT2D eigenvalue weighted by Gasteiger charge is 1.87. The number of hydrogen-bond donors (Lipinski definition) is 0. The van der Waals surface area contributed by atoms with Crippen LogP contribution in [0.3, 0.4) is 0 Å². The molecule has 0 aromatic carbocycles. The molecule has 0 heterocycles. The van der Waals surface area contributed by atoms with E-state index < -0.39 is 0 Å². The molecule has 0 amide bonds. The molecule has 0 spiro atoms. The first-order valence-electron chi connectivity index (χ1n) is 7.37. The monoisotopic (exact) mass is 222 g/mol. The van der Waals surface area contributed by atoms with Gasteiger partial charge in [0.25, 0.3) is 0 Å². The zero-order valence-corrected chi connectivity index (χ0v) is 11.5. The minimum atomic E-state index is 1.12. The van der Waals surface area contributed by atoms with Crippen LogP contribution in [0.4, 0.5) is 0 Å². The zero-order valence-electron chi connectivity index (χ0n) is 11.5. The summed E-state index contributed by atoms with van der Waals surface area (Å²) in [6.45, 7) is 4.52. The van der Waals surface area contributed by atoms with E-state index in [4.69, 9.17) is 0 Å². The lowest BCUT2D eigenvalue weighted by Crippen LogP contribution is -1.77. The third kappa shape index (κ3) is 13.6. The van der Waals surface area contributed by atoms with Crippen molar-refractivity contribution in [3.8, 4) is 11.8 Å². The molecule has 94 valence electrons. The second kappa shape index (κ2) is 14.6. The summed E-state index contributed by atoms with van der Waals surface area (Å²) in [7, 11) is 0. The van der Waals surface area contributed by atoms with Crippen molar-refractivity contribution >= 4 is 0 Å². The Labute approximate surface area is 103 Å². The predicted octanol–water partition coefficient (Wildman–Crippen LogP) is 5.71. The second-order valence-corrected chi connectivity index (χ2v) is 4.68. The largest absolute Gasteiger partial charge is 0.103 e. The fourth-order valence-electron chi connectivity index (χ4n) is 1.81. The van der Waals surface area contributed by atoms with E-state index in [1.165, 1.54) is 64.2 Å². The fourth-order valence-corrected chi connectivity index (χ4v) is 1.81. The molecular weight excluding hydrogens is 192 g/mol. The van der Waals surface area contributed by atoms with Crippen LogP contribution in [-0.2, 0) is 0 Å². The van der Waals surface area contributed by atoms with Gasteiger partial charge in [-0.05, 0) is 12.8 Å². The quantitative estimate of drug-likeness (QED) is 0.328. The van der Waals surface area contributed by atoms with Crippen LogP contribution in [0.25, 0.3) is 0 Å². The maximum absolute atomic E-state index is 3.30. The van der Waals surface area contributed by atoms with Crippen molar-refractivity contribution in [3.63, 3.8) is 0 Å². The molecule has 0 saturated carbocycles. The highest BCUT2D eigenvalue weighted by atomic mass is 13.9. The minimum Gasteiger partial charge on any atom is -0.103 e. The normalized spacial score (nSPS) is 9.88. The van der Waals surface area contributed by atoms with Crippen LogP contribution in [0.1, 0.15) is 90.9 Å². The molecule has 16 heavy (non-hydrogen) atoms. The molecule has 0 aromatic heterocycles. The highest BCUT2D eigenvalue weighted by Crippen LogP contribution is 2.05. The second-order valence-electron chi connectivity index (χ2n) is 4.68. The molecule has 0 fully saturated rings. The molecule has 0 heteroatoms. The Bertz CT molecular complexity index is 152. The third-order valence-electron chi connectivity index (χ3n) is 2.94. The van der Waals surface area contributed by atoms with Gasteiger partial charge in [0.15, 0.2) is 0 Å². The lowest BCUT2D eigenvalue weighted by atomic mass is 10.1. The fraction of sp³-hybridized carbons (Fsp3) is 0.875. The van der Waals surface area contributed by atoms with Gasteiger partial charge in [-0.3, -0.25) is 0 Å². The van der Waals surface area contributed by atoms with Gasteiger partial charge in [0.1, 0.15) is 0 Å². The van der Waals surface area contributed by atoms with Gasteiger partial charge < -0.3 is 0 Å². The molecule has 0 saturated heterocycles. The van der Waals surface area contributed by atoms with Crippen molar-refractivity contribution in [2.75, 3.05) is 0 Å². The van der Waals surface area contributed by atoms with Gasteiger partial charge in [-0.2, -0.15) is 0 Å². The van der Waals surface area contributed by atoms with E-state index in [0.717, 1.165) is 12.8 Å². The molecule has 0 aliphatic heterocycles. The third-order valence-corrected chi connectivity index (χ3v) is 2.94. The number of rotatable bonds is 10. The van der Waals surface area contributed by atoms with Crippen molar-refractivity contribution in [3.05, 3.63) is 0 Å². The Kier molecular flexibility index (Phi) is 14.2. The maximum Gasteiger partial charge on any atom is 0.00886 e. The smallest absolute Gasteiger partial charge is 0.00886 e. The summed E-state index contributed by atoms with van der Waals surface area (Å²) in [4.78, 5) is 0. The summed E-state index contributed by atoms with van der Waals surface area (Å²) >= 11 is 0. The summed E-state index contributed by atoms with van der Waals surface area (Å²) in [5.74, 6) is 6.61. The average Bonchev–Trinajstić information content (AvgIpc) is 2.31. The molecule has 0 N–H and O–H groups in total. The van der Waals surface area contributed by atoms with Crippen molar-refractivity contribution < 1.29 is 0 Å². The molecule has 0 bridgehead atoms. The number of unbranched alkanes of at least 4 members (excludes halogenated alkanes) is 10. The van der Waals surface area contributed by atoms with E-state index >= 15 is 0 Å². The van der Waals surface area contributed by atoms with E-state index in [-0.39, 0.29) is 0 Å². The Morgan fingerprint density at radius 3 is 1.25 bits per heavy atom. The van der Waals surface area contributed by atoms with Crippen LogP contribution in [0.2, 0.25) is 0 Å². The average molecular weight is 222 g/mol. The molecule has 0 aromatic rings. The molecule has 0 unspecified atom stereocenters. The summed E-state index contributed by atoms with van der Waals surface area (Å²) in [5, 5.41) is 0. The maximum atomic E-state index is 3.30. The van der Waals surface area contributed by atoms with Crippen molar-refractivity contribution in [1.82, 2.24) is 0 Å². The van der Waals surface area contributed by atoms with Crippen LogP contribution in [0.15, 0.2) is 0 Å². The van der Waals surface area contributed by atoms with Gasteiger partial charge in [-0.25, -0.2) is 0 Å². The standard InChI is InChI=1S/C16H30/c1-3-5-7-9-11-13-15-16-14-12-10-8-6-4-2/h3-14H2,1-2H3. The topological polar surface area (TPSA) is 0 Å². The van der Waals surface area contributed by atoms with Gasteiger partial charge in [0, 0.05) is 12.8 Å². The van der Waals surface area contributed by atoms with Crippen molar-refractivity contribution in [2.24, 2.45) is 0 Å². The molecule has 0 radical (unpaired) electrons. The first-order valence-corrected chi connectivity index (χ1v) is 7.37. The van der Waals surface area contributed by atoms with E-state index in [1.807, 2.05) is 0 Å². The summed E-state index contributed by atoms with van der Waals surface area (Å²) < 4.78 is 0.